The van der Waals surface area contributed by atoms with Gasteiger partial charge in [0.1, 0.15) is 11.6 Å². The highest BCUT2D eigenvalue weighted by Gasteiger charge is 2.32. The van der Waals surface area contributed by atoms with Crippen LogP contribution in [-0.2, 0) is 4.79 Å². The molecule has 1 aliphatic rings. The van der Waals surface area contributed by atoms with Gasteiger partial charge in [-0.3, -0.25) is 19.1 Å². The van der Waals surface area contributed by atoms with Gasteiger partial charge in [-0.05, 0) is 48.7 Å². The number of para-hydroxylation sites is 1. The largest absolute Gasteiger partial charge is 0.511 e. The Kier molecular flexibility index (Phi) is 4.86. The summed E-state index contributed by atoms with van der Waals surface area (Å²) in [6, 6.07) is 14.4. The SMILES string of the molecule is Cc1nc2ccccc2c(=O)n1-c1ccc(N=CC2=C(O)CC(C)(C)CC2=O)cc1. The molecule has 1 N–H and O–H groups in total. The van der Waals surface area contributed by atoms with Gasteiger partial charge in [0.15, 0.2) is 5.78 Å². The Balaban J connectivity index is 1.65. The smallest absolute Gasteiger partial charge is 0.265 e. The van der Waals surface area contributed by atoms with Crippen LogP contribution in [0.4, 0.5) is 5.69 Å². The Labute approximate surface area is 174 Å². The molecule has 1 aromatic heterocycles. The maximum Gasteiger partial charge on any atom is 0.265 e. The predicted octanol–water partition coefficient (Wildman–Crippen LogP) is 4.60. The van der Waals surface area contributed by atoms with Crippen molar-refractivity contribution in [3.05, 3.63) is 76.0 Å². The molecule has 0 bridgehead atoms. The van der Waals surface area contributed by atoms with Gasteiger partial charge in [-0.15, -0.1) is 0 Å². The summed E-state index contributed by atoms with van der Waals surface area (Å²) in [5, 5.41) is 10.8. The first kappa shape index (κ1) is 19.8. The standard InChI is InChI=1S/C24H23N3O3/c1-15-26-20-7-5-4-6-18(20)23(30)27(15)17-10-8-16(9-11-17)25-14-19-21(28)12-24(2,3)13-22(19)29/h4-11,14,28H,12-13H2,1-3H3. The van der Waals surface area contributed by atoms with Crippen molar-refractivity contribution in [2.75, 3.05) is 0 Å². The second-order valence-electron chi connectivity index (χ2n) is 8.39. The number of benzene rings is 2. The molecule has 0 amide bonds. The summed E-state index contributed by atoms with van der Waals surface area (Å²) < 4.78 is 1.57. The van der Waals surface area contributed by atoms with Crippen LogP contribution in [0.15, 0.2) is 69.7 Å². The van der Waals surface area contributed by atoms with Crippen LogP contribution >= 0.6 is 0 Å². The molecule has 6 nitrogen and oxygen atoms in total. The van der Waals surface area contributed by atoms with Gasteiger partial charge in [-0.2, -0.15) is 0 Å². The minimum absolute atomic E-state index is 0.0843. The van der Waals surface area contributed by atoms with E-state index in [1.807, 2.05) is 32.0 Å². The number of aliphatic hydroxyl groups excluding tert-OH is 1. The van der Waals surface area contributed by atoms with Gasteiger partial charge in [0.05, 0.1) is 27.9 Å². The molecule has 6 heteroatoms. The van der Waals surface area contributed by atoms with Crippen LogP contribution in [0.5, 0.6) is 0 Å². The van der Waals surface area contributed by atoms with Crippen molar-refractivity contribution < 1.29 is 9.90 Å². The number of hydrogen-bond acceptors (Lipinski definition) is 5. The Morgan fingerprint density at radius 2 is 1.77 bits per heavy atom. The van der Waals surface area contributed by atoms with E-state index in [4.69, 9.17) is 0 Å². The van der Waals surface area contributed by atoms with Crippen molar-refractivity contribution in [1.82, 2.24) is 9.55 Å². The monoisotopic (exact) mass is 401 g/mol. The highest BCUT2D eigenvalue weighted by atomic mass is 16.3. The number of carbonyl (C=O) groups excluding carboxylic acids is 1. The first-order valence-corrected chi connectivity index (χ1v) is 9.83. The average molecular weight is 401 g/mol. The molecule has 4 rings (SSSR count). The average Bonchev–Trinajstić information content (AvgIpc) is 2.67. The molecule has 1 aliphatic carbocycles. The molecule has 3 aromatic rings. The van der Waals surface area contributed by atoms with Crippen molar-refractivity contribution in [3.8, 4) is 5.69 Å². The number of rotatable bonds is 3. The highest BCUT2D eigenvalue weighted by Crippen LogP contribution is 2.35. The molecule has 2 aromatic carbocycles. The summed E-state index contributed by atoms with van der Waals surface area (Å²) in [5.74, 6) is 0.579. The summed E-state index contributed by atoms with van der Waals surface area (Å²) >= 11 is 0. The van der Waals surface area contributed by atoms with E-state index in [1.54, 1.807) is 41.8 Å². The van der Waals surface area contributed by atoms with Crippen LogP contribution in [0, 0.1) is 12.3 Å². The molecule has 0 aliphatic heterocycles. The number of nitrogens with zero attached hydrogens (tertiary/aromatic N) is 3. The van der Waals surface area contributed by atoms with Gasteiger partial charge in [0.2, 0.25) is 0 Å². The van der Waals surface area contributed by atoms with Gasteiger partial charge in [0.25, 0.3) is 5.56 Å². The van der Waals surface area contributed by atoms with E-state index in [0.29, 0.717) is 40.9 Å². The second-order valence-corrected chi connectivity index (χ2v) is 8.39. The number of aliphatic imine (C=N–C) groups is 1. The molecule has 152 valence electrons. The molecular weight excluding hydrogens is 378 g/mol. The number of carbonyl (C=O) groups is 1. The molecular formula is C24H23N3O3. The van der Waals surface area contributed by atoms with Crippen molar-refractivity contribution >= 4 is 28.6 Å². The number of ketones is 1. The number of hydrogen-bond donors (Lipinski definition) is 1. The number of Topliss-reactive ketones (excluding diaryl/α,β-unsaturated/α-hetero) is 1. The Morgan fingerprint density at radius 3 is 2.47 bits per heavy atom. The minimum atomic E-state index is -0.237. The maximum atomic E-state index is 12.9. The molecule has 0 fully saturated rings. The first-order chi connectivity index (χ1) is 14.2. The molecule has 0 saturated carbocycles. The fraction of sp³-hybridized carbons (Fsp3) is 0.250. The number of allylic oxidation sites excluding steroid dienone is 2. The van der Waals surface area contributed by atoms with E-state index in [1.165, 1.54) is 6.21 Å². The molecule has 0 radical (unpaired) electrons. The zero-order valence-corrected chi connectivity index (χ0v) is 17.2. The van der Waals surface area contributed by atoms with E-state index in [-0.39, 0.29) is 28.1 Å². The lowest BCUT2D eigenvalue weighted by Crippen LogP contribution is -2.26. The second kappa shape index (κ2) is 7.37. The Morgan fingerprint density at radius 1 is 1.07 bits per heavy atom. The fourth-order valence-corrected chi connectivity index (χ4v) is 3.82. The molecule has 1 heterocycles. The van der Waals surface area contributed by atoms with Crippen LogP contribution in [0.25, 0.3) is 16.6 Å². The lowest BCUT2D eigenvalue weighted by molar-refractivity contribution is -0.117. The van der Waals surface area contributed by atoms with Crippen LogP contribution in [0.2, 0.25) is 0 Å². The summed E-state index contributed by atoms with van der Waals surface area (Å²) in [6.45, 7) is 5.71. The highest BCUT2D eigenvalue weighted by molar-refractivity contribution is 6.14. The van der Waals surface area contributed by atoms with Gasteiger partial charge in [-0.1, -0.05) is 26.0 Å². The third-order valence-electron chi connectivity index (χ3n) is 5.29. The summed E-state index contributed by atoms with van der Waals surface area (Å²) in [4.78, 5) is 34.1. The van der Waals surface area contributed by atoms with Crippen LogP contribution in [0.1, 0.15) is 32.5 Å². The van der Waals surface area contributed by atoms with Crippen molar-refractivity contribution in [2.45, 2.75) is 33.6 Å². The van der Waals surface area contributed by atoms with E-state index >= 15 is 0 Å². The van der Waals surface area contributed by atoms with Crippen molar-refractivity contribution in [2.24, 2.45) is 10.4 Å². The van der Waals surface area contributed by atoms with Crippen LogP contribution in [-0.4, -0.2) is 26.7 Å². The zero-order valence-electron chi connectivity index (χ0n) is 17.2. The molecule has 0 atom stereocenters. The van der Waals surface area contributed by atoms with Gasteiger partial charge in [0, 0.05) is 19.1 Å². The quantitative estimate of drug-likeness (QED) is 0.650. The molecule has 30 heavy (non-hydrogen) atoms. The lowest BCUT2D eigenvalue weighted by Gasteiger charge is -2.28. The number of aromatic nitrogens is 2. The van der Waals surface area contributed by atoms with E-state index in [2.05, 4.69) is 9.98 Å². The Bertz CT molecular complexity index is 1270. The van der Waals surface area contributed by atoms with Crippen molar-refractivity contribution in [3.63, 3.8) is 0 Å². The van der Waals surface area contributed by atoms with Crippen molar-refractivity contribution in [1.29, 1.82) is 0 Å². The van der Waals surface area contributed by atoms with Gasteiger partial charge >= 0.3 is 0 Å². The fourth-order valence-electron chi connectivity index (χ4n) is 3.82. The normalized spacial score (nSPS) is 16.6. The molecule has 0 saturated heterocycles. The topological polar surface area (TPSA) is 84.6 Å². The number of fused-ring (bicyclic) bond motifs is 1. The van der Waals surface area contributed by atoms with E-state index < -0.39 is 0 Å². The first-order valence-electron chi connectivity index (χ1n) is 9.83. The van der Waals surface area contributed by atoms with E-state index in [0.717, 1.165) is 0 Å². The predicted molar refractivity (Wildman–Crippen MR) is 118 cm³/mol. The summed E-state index contributed by atoms with van der Waals surface area (Å²) in [5.41, 5.74) is 1.89. The van der Waals surface area contributed by atoms with Gasteiger partial charge < -0.3 is 5.11 Å². The zero-order chi connectivity index (χ0) is 21.5. The van der Waals surface area contributed by atoms with Gasteiger partial charge in [-0.25, -0.2) is 4.98 Å². The summed E-state index contributed by atoms with van der Waals surface area (Å²) in [7, 11) is 0. The lowest BCUT2D eigenvalue weighted by atomic mass is 9.77. The summed E-state index contributed by atoms with van der Waals surface area (Å²) in [6.07, 6.45) is 2.27. The molecule has 0 unspecified atom stereocenters. The van der Waals surface area contributed by atoms with Crippen LogP contribution in [0.3, 0.4) is 0 Å². The minimum Gasteiger partial charge on any atom is -0.511 e. The maximum absolute atomic E-state index is 12.9. The third kappa shape index (κ3) is 3.68. The number of aliphatic hydroxyl groups is 1. The Hall–Kier alpha value is -3.54. The van der Waals surface area contributed by atoms with Crippen LogP contribution < -0.4 is 5.56 Å². The third-order valence-corrected chi connectivity index (χ3v) is 5.29. The number of aryl methyl sites for hydroxylation is 1. The van der Waals surface area contributed by atoms with E-state index in [9.17, 15) is 14.7 Å². The molecule has 0 spiro atoms.